The Balaban J connectivity index is 2.17. The molecule has 0 saturated heterocycles. The third-order valence-corrected chi connectivity index (χ3v) is 3.75. The topological polar surface area (TPSA) is 53.9 Å². The SMILES string of the molecule is COC(=O)CCCCCCCNC(=NCc1ccccc1)N(C)C. The molecule has 0 heterocycles. The van der Waals surface area contributed by atoms with Crippen LogP contribution in [0.4, 0.5) is 0 Å². The van der Waals surface area contributed by atoms with E-state index in [1.54, 1.807) is 0 Å². The third-order valence-electron chi connectivity index (χ3n) is 3.75. The highest BCUT2D eigenvalue weighted by atomic mass is 16.5. The first-order chi connectivity index (χ1) is 11.6. The minimum atomic E-state index is -0.109. The van der Waals surface area contributed by atoms with Crippen molar-refractivity contribution >= 4 is 11.9 Å². The van der Waals surface area contributed by atoms with E-state index in [1.165, 1.54) is 12.7 Å². The number of methoxy groups -OCH3 is 1. The molecule has 1 aromatic carbocycles. The molecule has 1 aromatic rings. The zero-order chi connectivity index (χ0) is 17.6. The monoisotopic (exact) mass is 333 g/mol. The second-order valence-electron chi connectivity index (χ2n) is 6.04. The number of benzene rings is 1. The van der Waals surface area contributed by atoms with Crippen LogP contribution < -0.4 is 5.32 Å². The Morgan fingerprint density at radius 3 is 2.42 bits per heavy atom. The number of carbonyl (C=O) groups is 1. The van der Waals surface area contributed by atoms with Gasteiger partial charge in [-0.3, -0.25) is 4.79 Å². The van der Waals surface area contributed by atoms with E-state index in [0.29, 0.717) is 13.0 Å². The molecule has 1 rings (SSSR count). The molecule has 0 amide bonds. The average molecular weight is 333 g/mol. The number of rotatable bonds is 10. The van der Waals surface area contributed by atoms with Gasteiger partial charge in [-0.05, 0) is 18.4 Å². The van der Waals surface area contributed by atoms with Crippen LogP contribution in [0.1, 0.15) is 44.1 Å². The predicted octanol–water partition coefficient (Wildman–Crippen LogP) is 3.21. The lowest BCUT2D eigenvalue weighted by atomic mass is 10.1. The fraction of sp³-hybridized carbons (Fsp3) is 0.579. The highest BCUT2D eigenvalue weighted by molar-refractivity contribution is 5.79. The van der Waals surface area contributed by atoms with Crippen molar-refractivity contribution in [3.8, 4) is 0 Å². The first-order valence-corrected chi connectivity index (χ1v) is 8.70. The van der Waals surface area contributed by atoms with E-state index in [9.17, 15) is 4.79 Å². The summed E-state index contributed by atoms with van der Waals surface area (Å²) in [6.45, 7) is 1.61. The van der Waals surface area contributed by atoms with Crippen LogP contribution >= 0.6 is 0 Å². The van der Waals surface area contributed by atoms with Crippen LogP contribution in [0.15, 0.2) is 35.3 Å². The maximum absolute atomic E-state index is 11.0. The van der Waals surface area contributed by atoms with E-state index in [4.69, 9.17) is 0 Å². The lowest BCUT2D eigenvalue weighted by Gasteiger charge is -2.17. The van der Waals surface area contributed by atoms with Crippen molar-refractivity contribution in [3.63, 3.8) is 0 Å². The van der Waals surface area contributed by atoms with E-state index in [0.717, 1.165) is 44.6 Å². The normalized spacial score (nSPS) is 11.2. The second-order valence-corrected chi connectivity index (χ2v) is 6.04. The van der Waals surface area contributed by atoms with Gasteiger partial charge in [-0.25, -0.2) is 4.99 Å². The molecule has 1 N–H and O–H groups in total. The summed E-state index contributed by atoms with van der Waals surface area (Å²) in [6.07, 6.45) is 5.95. The summed E-state index contributed by atoms with van der Waals surface area (Å²) in [5.41, 5.74) is 1.21. The average Bonchev–Trinajstić information content (AvgIpc) is 2.60. The Bertz CT molecular complexity index is 487. The molecule has 0 spiro atoms. The highest BCUT2D eigenvalue weighted by Gasteiger charge is 2.02. The molecule has 0 radical (unpaired) electrons. The van der Waals surface area contributed by atoms with Gasteiger partial charge in [0.15, 0.2) is 5.96 Å². The van der Waals surface area contributed by atoms with E-state index in [2.05, 4.69) is 27.2 Å². The zero-order valence-corrected chi connectivity index (χ0v) is 15.3. The number of hydrogen-bond donors (Lipinski definition) is 1. The van der Waals surface area contributed by atoms with Crippen LogP contribution in [0.5, 0.6) is 0 Å². The third kappa shape index (κ3) is 9.18. The van der Waals surface area contributed by atoms with Crippen LogP contribution in [0, 0.1) is 0 Å². The molecule has 5 heteroatoms. The van der Waals surface area contributed by atoms with Crippen molar-refractivity contribution in [2.45, 2.75) is 45.1 Å². The number of carbonyl (C=O) groups excluding carboxylic acids is 1. The molecular weight excluding hydrogens is 302 g/mol. The quantitative estimate of drug-likeness (QED) is 0.309. The fourth-order valence-electron chi connectivity index (χ4n) is 2.33. The van der Waals surface area contributed by atoms with Gasteiger partial charge >= 0.3 is 5.97 Å². The van der Waals surface area contributed by atoms with Crippen LogP contribution in [0.3, 0.4) is 0 Å². The van der Waals surface area contributed by atoms with E-state index in [-0.39, 0.29) is 5.97 Å². The van der Waals surface area contributed by atoms with Gasteiger partial charge in [0.05, 0.1) is 13.7 Å². The summed E-state index contributed by atoms with van der Waals surface area (Å²) >= 11 is 0. The number of aliphatic imine (C=N–C) groups is 1. The Morgan fingerprint density at radius 2 is 1.75 bits per heavy atom. The lowest BCUT2D eigenvalue weighted by molar-refractivity contribution is -0.140. The number of esters is 1. The molecule has 0 atom stereocenters. The molecule has 0 saturated carbocycles. The Hall–Kier alpha value is -2.04. The van der Waals surface area contributed by atoms with Crippen molar-refractivity contribution in [2.75, 3.05) is 27.7 Å². The smallest absolute Gasteiger partial charge is 0.305 e. The Morgan fingerprint density at radius 1 is 1.08 bits per heavy atom. The summed E-state index contributed by atoms with van der Waals surface area (Å²) in [6, 6.07) is 10.3. The number of hydrogen-bond acceptors (Lipinski definition) is 3. The summed E-state index contributed by atoms with van der Waals surface area (Å²) in [4.78, 5) is 17.7. The van der Waals surface area contributed by atoms with Crippen LogP contribution in [-0.4, -0.2) is 44.6 Å². The molecule has 0 aliphatic heterocycles. The summed E-state index contributed by atoms with van der Waals surface area (Å²) in [7, 11) is 5.45. The van der Waals surface area contributed by atoms with Crippen LogP contribution in [-0.2, 0) is 16.1 Å². The van der Waals surface area contributed by atoms with Gasteiger partial charge in [0.2, 0.25) is 0 Å². The molecule has 134 valence electrons. The van der Waals surface area contributed by atoms with Gasteiger partial charge in [-0.15, -0.1) is 0 Å². The van der Waals surface area contributed by atoms with Gasteiger partial charge in [-0.1, -0.05) is 49.6 Å². The van der Waals surface area contributed by atoms with Crippen molar-refractivity contribution in [2.24, 2.45) is 4.99 Å². The molecule has 0 unspecified atom stereocenters. The van der Waals surface area contributed by atoms with Gasteiger partial charge < -0.3 is 15.0 Å². The summed E-state index contributed by atoms with van der Waals surface area (Å²) in [5, 5.41) is 3.41. The minimum absolute atomic E-state index is 0.109. The van der Waals surface area contributed by atoms with E-state index < -0.39 is 0 Å². The number of unbranched alkanes of at least 4 members (excludes halogenated alkanes) is 4. The predicted molar refractivity (Wildman–Crippen MR) is 99.0 cm³/mol. The number of guanidine groups is 1. The molecule has 5 nitrogen and oxygen atoms in total. The molecule has 0 bridgehead atoms. The molecule has 0 aliphatic carbocycles. The van der Waals surface area contributed by atoms with Crippen LogP contribution in [0.25, 0.3) is 0 Å². The molecule has 0 aliphatic rings. The number of nitrogens with zero attached hydrogens (tertiary/aromatic N) is 2. The van der Waals surface area contributed by atoms with Gasteiger partial charge in [-0.2, -0.15) is 0 Å². The van der Waals surface area contributed by atoms with Crippen molar-refractivity contribution < 1.29 is 9.53 Å². The Kier molecular flexibility index (Phi) is 10.3. The summed E-state index contributed by atoms with van der Waals surface area (Å²) in [5.74, 6) is 0.812. The number of nitrogens with one attached hydrogen (secondary N) is 1. The van der Waals surface area contributed by atoms with Gasteiger partial charge in [0, 0.05) is 27.1 Å². The standard InChI is InChI=1S/C19H31N3O2/c1-22(2)19(21-16-17-12-8-7-9-13-17)20-15-11-6-4-5-10-14-18(23)24-3/h7-9,12-13H,4-6,10-11,14-16H2,1-3H3,(H,20,21). The van der Waals surface area contributed by atoms with Gasteiger partial charge in [0.1, 0.15) is 0 Å². The van der Waals surface area contributed by atoms with Crippen molar-refractivity contribution in [1.29, 1.82) is 0 Å². The molecular formula is C19H31N3O2. The van der Waals surface area contributed by atoms with Crippen LogP contribution in [0.2, 0.25) is 0 Å². The summed E-state index contributed by atoms with van der Waals surface area (Å²) < 4.78 is 4.63. The lowest BCUT2D eigenvalue weighted by Crippen LogP contribution is -2.37. The molecule has 0 aromatic heterocycles. The maximum Gasteiger partial charge on any atom is 0.305 e. The van der Waals surface area contributed by atoms with Crippen molar-refractivity contribution in [3.05, 3.63) is 35.9 Å². The first-order valence-electron chi connectivity index (χ1n) is 8.70. The van der Waals surface area contributed by atoms with Crippen molar-refractivity contribution in [1.82, 2.24) is 10.2 Å². The second kappa shape index (κ2) is 12.4. The maximum atomic E-state index is 11.0. The highest BCUT2D eigenvalue weighted by Crippen LogP contribution is 2.06. The largest absolute Gasteiger partial charge is 0.469 e. The first kappa shape index (κ1) is 20.0. The zero-order valence-electron chi connectivity index (χ0n) is 15.3. The molecule has 24 heavy (non-hydrogen) atoms. The minimum Gasteiger partial charge on any atom is -0.469 e. The number of ether oxygens (including phenoxy) is 1. The van der Waals surface area contributed by atoms with E-state index in [1.807, 2.05) is 37.2 Å². The van der Waals surface area contributed by atoms with Gasteiger partial charge in [0.25, 0.3) is 0 Å². The van der Waals surface area contributed by atoms with E-state index >= 15 is 0 Å². The molecule has 0 fully saturated rings. The Labute approximate surface area is 146 Å². The fourth-order valence-corrected chi connectivity index (χ4v) is 2.33.